The van der Waals surface area contributed by atoms with Crippen LogP contribution in [0.1, 0.15) is 27.0 Å². The van der Waals surface area contributed by atoms with Crippen LogP contribution < -0.4 is 21.5 Å². The molecule has 2 aromatic carbocycles. The Morgan fingerprint density at radius 2 is 1.55 bits per heavy atom. The van der Waals surface area contributed by atoms with Crippen LogP contribution in [0.3, 0.4) is 0 Å². The molecule has 1 aromatic heterocycles. The van der Waals surface area contributed by atoms with E-state index in [-0.39, 0.29) is 11.3 Å². The van der Waals surface area contributed by atoms with Gasteiger partial charge in [0.15, 0.2) is 5.78 Å². The van der Waals surface area contributed by atoms with Crippen molar-refractivity contribution in [2.24, 2.45) is 14.1 Å². The monoisotopic (exact) mass is 412 g/mol. The maximum atomic E-state index is 13.8. The van der Waals surface area contributed by atoms with Crippen molar-refractivity contribution in [3.05, 3.63) is 97.2 Å². The molecule has 6 rings (SSSR count). The second-order valence-corrected chi connectivity index (χ2v) is 8.46. The van der Waals surface area contributed by atoms with Crippen LogP contribution in [-0.2, 0) is 19.5 Å². The van der Waals surface area contributed by atoms with Gasteiger partial charge in [-0.15, -0.1) is 0 Å². The zero-order valence-corrected chi connectivity index (χ0v) is 17.4. The Morgan fingerprint density at radius 3 is 2.32 bits per heavy atom. The molecule has 1 N–H and O–H groups in total. The highest BCUT2D eigenvalue weighted by molar-refractivity contribution is 6.25. The van der Waals surface area contributed by atoms with Gasteiger partial charge in [-0.05, 0) is 11.6 Å². The number of rotatable bonds is 0. The van der Waals surface area contributed by atoms with E-state index in [2.05, 4.69) is 10.2 Å². The average molecular weight is 412 g/mol. The maximum Gasteiger partial charge on any atom is 0.332 e. The minimum atomic E-state index is -0.975. The highest BCUT2D eigenvalue weighted by Crippen LogP contribution is 2.56. The van der Waals surface area contributed by atoms with Crippen molar-refractivity contribution >= 4 is 23.0 Å². The van der Waals surface area contributed by atoms with Gasteiger partial charge in [0.1, 0.15) is 5.82 Å². The normalized spacial score (nSPS) is 20.5. The molecule has 7 heteroatoms. The number of nitrogens with zero attached hydrogens (tertiary/aromatic N) is 3. The number of likely N-dealkylation sites (N-methyl/N-ethyl adjacent to an activating group) is 1. The number of carbonyl (C=O) groups is 1. The molecular weight excluding hydrogens is 392 g/mol. The number of hydrogen-bond donors (Lipinski definition) is 1. The van der Waals surface area contributed by atoms with Crippen LogP contribution in [0.5, 0.6) is 0 Å². The molecular formula is C24H20N4O3. The molecule has 0 radical (unpaired) electrons. The van der Waals surface area contributed by atoms with Gasteiger partial charge in [-0.1, -0.05) is 42.5 Å². The van der Waals surface area contributed by atoms with Gasteiger partial charge in [-0.2, -0.15) is 0 Å². The number of hydrogen-bond acceptors (Lipinski definition) is 5. The molecule has 0 amide bonds. The number of Topliss-reactive ketones (excluding diaryl/α,β-unsaturated/α-hetero) is 1. The van der Waals surface area contributed by atoms with Gasteiger partial charge in [-0.3, -0.25) is 18.7 Å². The Hall–Kier alpha value is -3.87. The Labute approximate surface area is 177 Å². The first-order chi connectivity index (χ1) is 14.9. The molecule has 3 aromatic rings. The number of nitrogens with one attached hydrogen (secondary N) is 1. The first-order valence-corrected chi connectivity index (χ1v) is 10.1. The Kier molecular flexibility index (Phi) is 3.26. The van der Waals surface area contributed by atoms with E-state index >= 15 is 0 Å². The topological polar surface area (TPSA) is 76.3 Å². The van der Waals surface area contributed by atoms with Crippen LogP contribution in [0.15, 0.2) is 63.7 Å². The van der Waals surface area contributed by atoms with E-state index in [1.54, 1.807) is 7.05 Å². The van der Waals surface area contributed by atoms with Crippen LogP contribution in [0, 0.1) is 0 Å². The van der Waals surface area contributed by atoms with Gasteiger partial charge in [0.25, 0.3) is 5.56 Å². The van der Waals surface area contributed by atoms with Crippen LogP contribution >= 0.6 is 0 Å². The summed E-state index contributed by atoms with van der Waals surface area (Å²) in [5.74, 6) is 0.367. The Bertz CT molecular complexity index is 1490. The molecule has 0 saturated carbocycles. The van der Waals surface area contributed by atoms with Gasteiger partial charge < -0.3 is 10.2 Å². The SMILES string of the molecule is CN1CC2(C3=C(Nc4c2c(=O)n(C)c(=O)n4C)c2ccccc2C3=O)c2ccccc21. The van der Waals surface area contributed by atoms with Crippen LogP contribution in [-0.4, -0.2) is 28.5 Å². The van der Waals surface area contributed by atoms with E-state index in [4.69, 9.17) is 0 Å². The Balaban J connectivity index is 1.83. The van der Waals surface area contributed by atoms with Crippen molar-refractivity contribution in [1.82, 2.24) is 9.13 Å². The van der Waals surface area contributed by atoms with E-state index in [1.807, 2.05) is 55.6 Å². The maximum absolute atomic E-state index is 13.8. The van der Waals surface area contributed by atoms with Crippen LogP contribution in [0.2, 0.25) is 0 Å². The number of aromatic nitrogens is 2. The molecule has 1 aliphatic carbocycles. The summed E-state index contributed by atoms with van der Waals surface area (Å²) in [5.41, 5.74) is 3.22. The van der Waals surface area contributed by atoms with Gasteiger partial charge >= 0.3 is 5.69 Å². The first kappa shape index (κ1) is 17.9. The fraction of sp³-hybridized carbons (Fsp3) is 0.208. The minimum absolute atomic E-state index is 0.0789. The van der Waals surface area contributed by atoms with E-state index in [9.17, 15) is 14.4 Å². The smallest absolute Gasteiger partial charge is 0.332 e. The summed E-state index contributed by atoms with van der Waals surface area (Å²) >= 11 is 0. The lowest BCUT2D eigenvalue weighted by Gasteiger charge is -2.38. The zero-order valence-electron chi connectivity index (χ0n) is 17.4. The largest absolute Gasteiger partial charge is 0.373 e. The van der Waals surface area contributed by atoms with E-state index in [0.29, 0.717) is 34.8 Å². The van der Waals surface area contributed by atoms with E-state index < -0.39 is 11.1 Å². The van der Waals surface area contributed by atoms with Gasteiger partial charge in [0, 0.05) is 50.1 Å². The highest BCUT2D eigenvalue weighted by Gasteiger charge is 2.57. The lowest BCUT2D eigenvalue weighted by Crippen LogP contribution is -2.50. The molecule has 1 spiro atoms. The van der Waals surface area contributed by atoms with Crippen molar-refractivity contribution in [2.45, 2.75) is 5.41 Å². The second kappa shape index (κ2) is 5.63. The lowest BCUT2D eigenvalue weighted by atomic mass is 9.68. The Morgan fingerprint density at radius 1 is 0.871 bits per heavy atom. The number of fused-ring (bicyclic) bond motifs is 7. The second-order valence-electron chi connectivity index (χ2n) is 8.46. The van der Waals surface area contributed by atoms with Crippen molar-refractivity contribution in [3.63, 3.8) is 0 Å². The fourth-order valence-electron chi connectivity index (χ4n) is 5.56. The molecule has 0 fully saturated rings. The van der Waals surface area contributed by atoms with Gasteiger partial charge in [-0.25, -0.2) is 4.79 Å². The van der Waals surface area contributed by atoms with Gasteiger partial charge in [0.2, 0.25) is 0 Å². The quantitative estimate of drug-likeness (QED) is 0.610. The predicted molar refractivity (Wildman–Crippen MR) is 119 cm³/mol. The zero-order chi connectivity index (χ0) is 21.7. The number of carbonyl (C=O) groups excluding carboxylic acids is 1. The van der Waals surface area contributed by atoms with Crippen LogP contribution in [0.25, 0.3) is 5.70 Å². The molecule has 0 saturated heterocycles. The van der Waals surface area contributed by atoms with Crippen molar-refractivity contribution in [1.29, 1.82) is 0 Å². The average Bonchev–Trinajstić information content (AvgIpc) is 3.24. The molecule has 1 unspecified atom stereocenters. The summed E-state index contributed by atoms with van der Waals surface area (Å²) in [7, 11) is 5.10. The van der Waals surface area contributed by atoms with Crippen molar-refractivity contribution < 1.29 is 4.79 Å². The fourth-order valence-corrected chi connectivity index (χ4v) is 5.56. The van der Waals surface area contributed by atoms with Crippen molar-refractivity contribution in [2.75, 3.05) is 23.8 Å². The molecule has 1 atom stereocenters. The summed E-state index contributed by atoms with van der Waals surface area (Å²) < 4.78 is 2.59. The number of anilines is 2. The molecule has 0 bridgehead atoms. The molecule has 7 nitrogen and oxygen atoms in total. The van der Waals surface area contributed by atoms with Crippen LogP contribution in [0.4, 0.5) is 11.5 Å². The summed E-state index contributed by atoms with van der Waals surface area (Å²) in [6.45, 7) is 0.438. The molecule has 3 heterocycles. The number of benzene rings is 2. The highest BCUT2D eigenvalue weighted by atomic mass is 16.2. The number of ketones is 1. The summed E-state index contributed by atoms with van der Waals surface area (Å²) in [5, 5.41) is 3.31. The minimum Gasteiger partial charge on any atom is -0.373 e. The molecule has 154 valence electrons. The predicted octanol–water partition coefficient (Wildman–Crippen LogP) is 1.85. The molecule has 31 heavy (non-hydrogen) atoms. The third-order valence-electron chi connectivity index (χ3n) is 6.93. The third-order valence-corrected chi connectivity index (χ3v) is 6.93. The number of para-hydroxylation sites is 1. The summed E-state index contributed by atoms with van der Waals surface area (Å²) in [4.78, 5) is 42.2. The van der Waals surface area contributed by atoms with E-state index in [1.165, 1.54) is 11.6 Å². The molecule has 2 aliphatic heterocycles. The van der Waals surface area contributed by atoms with E-state index in [0.717, 1.165) is 21.4 Å². The first-order valence-electron chi connectivity index (χ1n) is 10.1. The summed E-state index contributed by atoms with van der Waals surface area (Å²) in [6.07, 6.45) is 0. The standard InChI is InChI=1S/C24H20N4O3/c1-26-12-24(15-10-6-7-11-16(15)26)17-19(13-8-4-5-9-14(13)20(17)29)25-21-18(24)22(30)28(3)23(31)27(21)2/h4-11,25H,12H2,1-3H3. The van der Waals surface area contributed by atoms with Crippen molar-refractivity contribution in [3.8, 4) is 0 Å². The summed E-state index contributed by atoms with van der Waals surface area (Å²) in [6, 6.07) is 15.3. The molecule has 3 aliphatic rings. The third kappa shape index (κ3) is 1.92. The van der Waals surface area contributed by atoms with Gasteiger partial charge in [0.05, 0.1) is 16.7 Å². The lowest BCUT2D eigenvalue weighted by molar-refractivity contribution is 0.102.